The Morgan fingerprint density at radius 3 is 3.00 bits per heavy atom. The first-order valence-corrected chi connectivity index (χ1v) is 5.58. The van der Waals surface area contributed by atoms with Crippen LogP contribution in [0.3, 0.4) is 0 Å². The number of aromatic nitrogens is 2. The van der Waals surface area contributed by atoms with E-state index in [2.05, 4.69) is 46.9 Å². The van der Waals surface area contributed by atoms with Crippen LogP contribution in [0.15, 0.2) is 36.8 Å². The number of rotatable bonds is 4. The summed E-state index contributed by atoms with van der Waals surface area (Å²) in [5.74, 6) is 0. The smallest absolute Gasteiger partial charge is 0.0953 e. The van der Waals surface area contributed by atoms with E-state index in [9.17, 15) is 0 Å². The molecule has 2 aromatic rings. The molecule has 0 saturated heterocycles. The van der Waals surface area contributed by atoms with E-state index in [1.54, 1.807) is 0 Å². The van der Waals surface area contributed by atoms with Crippen molar-refractivity contribution < 1.29 is 0 Å². The number of imidazole rings is 1. The summed E-state index contributed by atoms with van der Waals surface area (Å²) in [6.07, 6.45) is 4.93. The molecule has 0 unspecified atom stereocenters. The van der Waals surface area contributed by atoms with Gasteiger partial charge in [0.15, 0.2) is 0 Å². The minimum atomic E-state index is 0.720. The minimum absolute atomic E-state index is 0.720. The van der Waals surface area contributed by atoms with Gasteiger partial charge in [-0.25, -0.2) is 4.98 Å². The molecule has 0 radical (unpaired) electrons. The molecular formula is C13H17N3. The monoisotopic (exact) mass is 215 g/mol. The Kier molecular flexibility index (Phi) is 3.37. The van der Waals surface area contributed by atoms with Crippen molar-refractivity contribution in [3.8, 4) is 11.3 Å². The van der Waals surface area contributed by atoms with Gasteiger partial charge in [0.05, 0.1) is 12.0 Å². The summed E-state index contributed by atoms with van der Waals surface area (Å²) in [6, 6.07) is 8.39. The predicted molar refractivity (Wildman–Crippen MR) is 66.1 cm³/mol. The lowest BCUT2D eigenvalue weighted by Gasteiger charge is -1.99. The number of aryl methyl sites for hydroxylation is 2. The molecule has 0 spiro atoms. The molecule has 0 aliphatic rings. The van der Waals surface area contributed by atoms with Crippen LogP contribution in [-0.4, -0.2) is 16.1 Å². The predicted octanol–water partition coefficient (Wildman–Crippen LogP) is 2.21. The van der Waals surface area contributed by atoms with Gasteiger partial charge in [0.1, 0.15) is 0 Å². The largest absolute Gasteiger partial charge is 0.337 e. The molecule has 0 bridgehead atoms. The number of benzene rings is 1. The second-order valence-corrected chi connectivity index (χ2v) is 4.01. The van der Waals surface area contributed by atoms with Gasteiger partial charge in [0.25, 0.3) is 0 Å². The van der Waals surface area contributed by atoms with E-state index in [1.807, 2.05) is 6.33 Å². The van der Waals surface area contributed by atoms with Gasteiger partial charge in [0, 0.05) is 18.3 Å². The Morgan fingerprint density at radius 1 is 1.38 bits per heavy atom. The van der Waals surface area contributed by atoms with E-state index < -0.39 is 0 Å². The number of nitrogens with zero attached hydrogens (tertiary/aromatic N) is 2. The van der Waals surface area contributed by atoms with Crippen LogP contribution in [0, 0.1) is 6.92 Å². The fourth-order valence-corrected chi connectivity index (χ4v) is 1.71. The van der Waals surface area contributed by atoms with Crippen molar-refractivity contribution in [1.29, 1.82) is 0 Å². The summed E-state index contributed by atoms with van der Waals surface area (Å²) in [5, 5.41) is 0. The van der Waals surface area contributed by atoms with Crippen molar-refractivity contribution in [2.45, 2.75) is 19.9 Å². The summed E-state index contributed by atoms with van der Waals surface area (Å²) in [4.78, 5) is 4.40. The van der Waals surface area contributed by atoms with Crippen LogP contribution in [-0.2, 0) is 6.54 Å². The van der Waals surface area contributed by atoms with Crippen molar-refractivity contribution in [3.63, 3.8) is 0 Å². The van der Waals surface area contributed by atoms with Crippen molar-refractivity contribution >= 4 is 0 Å². The topological polar surface area (TPSA) is 43.8 Å². The van der Waals surface area contributed by atoms with Crippen LogP contribution in [0.5, 0.6) is 0 Å². The van der Waals surface area contributed by atoms with Gasteiger partial charge >= 0.3 is 0 Å². The fourth-order valence-electron chi connectivity index (χ4n) is 1.71. The molecule has 1 heterocycles. The lowest BCUT2D eigenvalue weighted by molar-refractivity contribution is 0.650. The standard InChI is InChI=1S/C13H17N3/c1-11-4-2-5-12(8-11)13-9-16(10-15-13)7-3-6-14/h2,4-5,8-10H,3,6-7,14H2,1H3. The zero-order chi connectivity index (χ0) is 11.4. The second-order valence-electron chi connectivity index (χ2n) is 4.01. The molecule has 84 valence electrons. The third-order valence-electron chi connectivity index (χ3n) is 2.57. The third-order valence-corrected chi connectivity index (χ3v) is 2.57. The van der Waals surface area contributed by atoms with E-state index in [-0.39, 0.29) is 0 Å². The number of nitrogens with two attached hydrogens (primary N) is 1. The summed E-state index contributed by atoms with van der Waals surface area (Å²) < 4.78 is 2.09. The highest BCUT2D eigenvalue weighted by Crippen LogP contribution is 2.17. The van der Waals surface area contributed by atoms with Gasteiger partial charge in [-0.15, -0.1) is 0 Å². The lowest BCUT2D eigenvalue weighted by Crippen LogP contribution is -2.03. The summed E-state index contributed by atoms with van der Waals surface area (Å²) in [6.45, 7) is 3.75. The maximum atomic E-state index is 5.48. The van der Waals surface area contributed by atoms with Gasteiger partial charge in [-0.1, -0.05) is 23.8 Å². The maximum Gasteiger partial charge on any atom is 0.0953 e. The van der Waals surface area contributed by atoms with Crippen LogP contribution in [0.25, 0.3) is 11.3 Å². The molecule has 0 atom stereocenters. The van der Waals surface area contributed by atoms with Crippen LogP contribution >= 0.6 is 0 Å². The molecule has 0 fully saturated rings. The number of hydrogen-bond donors (Lipinski definition) is 1. The molecule has 1 aromatic carbocycles. The van der Waals surface area contributed by atoms with Crippen molar-refractivity contribution in [2.24, 2.45) is 5.73 Å². The highest BCUT2D eigenvalue weighted by molar-refractivity contribution is 5.58. The SMILES string of the molecule is Cc1cccc(-c2cn(CCCN)cn2)c1. The molecule has 2 rings (SSSR count). The Hall–Kier alpha value is -1.61. The molecule has 1 aromatic heterocycles. The van der Waals surface area contributed by atoms with Gasteiger partial charge in [-0.2, -0.15) is 0 Å². The van der Waals surface area contributed by atoms with Crippen LogP contribution < -0.4 is 5.73 Å². The van der Waals surface area contributed by atoms with Crippen molar-refractivity contribution in [2.75, 3.05) is 6.54 Å². The van der Waals surface area contributed by atoms with Gasteiger partial charge < -0.3 is 10.3 Å². The minimum Gasteiger partial charge on any atom is -0.337 e. The first-order chi connectivity index (χ1) is 7.79. The number of hydrogen-bond acceptors (Lipinski definition) is 2. The zero-order valence-electron chi connectivity index (χ0n) is 9.56. The maximum absolute atomic E-state index is 5.48. The van der Waals surface area contributed by atoms with E-state index >= 15 is 0 Å². The summed E-state index contributed by atoms with van der Waals surface area (Å²) >= 11 is 0. The molecule has 0 aliphatic heterocycles. The highest BCUT2D eigenvalue weighted by atomic mass is 15.0. The first kappa shape index (κ1) is 10.9. The van der Waals surface area contributed by atoms with E-state index in [1.165, 1.54) is 11.1 Å². The fraction of sp³-hybridized carbons (Fsp3) is 0.308. The van der Waals surface area contributed by atoms with Crippen LogP contribution in [0.4, 0.5) is 0 Å². The lowest BCUT2D eigenvalue weighted by atomic mass is 10.1. The van der Waals surface area contributed by atoms with Crippen LogP contribution in [0.2, 0.25) is 0 Å². The molecule has 16 heavy (non-hydrogen) atoms. The third kappa shape index (κ3) is 2.49. The van der Waals surface area contributed by atoms with Gasteiger partial charge in [0.2, 0.25) is 0 Å². The average Bonchev–Trinajstić information content (AvgIpc) is 2.75. The molecule has 3 nitrogen and oxygen atoms in total. The highest BCUT2D eigenvalue weighted by Gasteiger charge is 2.01. The summed E-state index contributed by atoms with van der Waals surface area (Å²) in [7, 11) is 0. The quantitative estimate of drug-likeness (QED) is 0.849. The van der Waals surface area contributed by atoms with Gasteiger partial charge in [-0.05, 0) is 26.0 Å². The normalized spacial score (nSPS) is 10.6. The first-order valence-electron chi connectivity index (χ1n) is 5.58. The zero-order valence-corrected chi connectivity index (χ0v) is 9.56. The van der Waals surface area contributed by atoms with E-state index in [0.717, 1.165) is 25.2 Å². The second kappa shape index (κ2) is 4.94. The molecule has 2 N–H and O–H groups in total. The Morgan fingerprint density at radius 2 is 2.25 bits per heavy atom. The Balaban J connectivity index is 2.18. The van der Waals surface area contributed by atoms with Crippen molar-refractivity contribution in [3.05, 3.63) is 42.4 Å². The Bertz CT molecular complexity index is 460. The van der Waals surface area contributed by atoms with E-state index in [4.69, 9.17) is 5.73 Å². The van der Waals surface area contributed by atoms with Crippen molar-refractivity contribution in [1.82, 2.24) is 9.55 Å². The summed E-state index contributed by atoms with van der Waals surface area (Å²) in [5.41, 5.74) is 8.94. The van der Waals surface area contributed by atoms with E-state index in [0.29, 0.717) is 0 Å². The molecule has 0 amide bonds. The molecule has 3 heteroatoms. The molecule has 0 aliphatic carbocycles. The molecule has 0 saturated carbocycles. The average molecular weight is 215 g/mol. The van der Waals surface area contributed by atoms with Crippen LogP contribution in [0.1, 0.15) is 12.0 Å². The molecular weight excluding hydrogens is 198 g/mol. The van der Waals surface area contributed by atoms with Gasteiger partial charge in [-0.3, -0.25) is 0 Å². The Labute approximate surface area is 95.9 Å².